The van der Waals surface area contributed by atoms with Gasteiger partial charge in [0.25, 0.3) is 0 Å². The lowest BCUT2D eigenvalue weighted by Crippen LogP contribution is -2.13. The minimum absolute atomic E-state index is 0.00387. The molecule has 4 nitrogen and oxygen atoms in total. The molecule has 0 spiro atoms. The predicted octanol–water partition coefficient (Wildman–Crippen LogP) is 4.40. The summed E-state index contributed by atoms with van der Waals surface area (Å²) in [7, 11) is 0. The van der Waals surface area contributed by atoms with Gasteiger partial charge in [0.1, 0.15) is 12.2 Å². The van der Waals surface area contributed by atoms with Crippen LogP contribution in [0.2, 0.25) is 0 Å². The van der Waals surface area contributed by atoms with Gasteiger partial charge in [0.05, 0.1) is 6.10 Å². The second kappa shape index (κ2) is 13.0. The third-order valence-corrected chi connectivity index (χ3v) is 4.02. The van der Waals surface area contributed by atoms with Crippen LogP contribution in [0.25, 0.3) is 0 Å². The van der Waals surface area contributed by atoms with Crippen molar-refractivity contribution in [2.75, 3.05) is 0 Å². The Hall–Kier alpha value is -1.39. The maximum atomic E-state index is 10.3. The number of hydrogen-bond donors (Lipinski definition) is 2. The lowest BCUT2D eigenvalue weighted by atomic mass is 10.1. The number of carboxylic acid groups (broad SMARTS) is 1. The molecule has 4 heteroatoms. The summed E-state index contributed by atoms with van der Waals surface area (Å²) in [5.74, 6) is -0.735. The van der Waals surface area contributed by atoms with Gasteiger partial charge in [-0.25, -0.2) is 0 Å². The highest BCUT2D eigenvalue weighted by molar-refractivity contribution is 5.66. The highest BCUT2D eigenvalue weighted by atomic mass is 16.6. The Kier molecular flexibility index (Phi) is 11.2. The molecule has 0 unspecified atom stereocenters. The summed E-state index contributed by atoms with van der Waals surface area (Å²) in [6.45, 7) is 2.19. The molecule has 1 rings (SSSR count). The first-order valence-corrected chi connectivity index (χ1v) is 9.17. The lowest BCUT2D eigenvalue weighted by Gasteiger charge is -2.00. The fourth-order valence-corrected chi connectivity index (χ4v) is 2.55. The van der Waals surface area contributed by atoms with E-state index in [4.69, 9.17) is 9.84 Å². The molecule has 0 saturated carbocycles. The SMILES string of the molecule is CCCCC[C@@H]1O[C@H]1[C@H](O)/C=C\C/C=C\C/C=C\CCCC(=O)O. The number of aliphatic hydroxyl groups excluding tert-OH is 1. The van der Waals surface area contributed by atoms with Crippen LogP contribution in [0.1, 0.15) is 64.7 Å². The number of hydrogen-bond acceptors (Lipinski definition) is 3. The molecule has 0 aromatic rings. The van der Waals surface area contributed by atoms with Gasteiger partial charge in [0.15, 0.2) is 0 Å². The second-order valence-corrected chi connectivity index (χ2v) is 6.25. The standard InChI is InChI=1S/C20H32O4/c1-2-3-11-15-18-20(24-18)17(21)14-12-9-7-5-4-6-8-10-13-16-19(22)23/h5-8,12,14,17-18,20-21H,2-4,9-11,13,15-16H2,1H3,(H,22,23)/b7-5-,8-6-,14-12-/t17-,18+,20+/m1/s1. The largest absolute Gasteiger partial charge is 0.481 e. The molecule has 0 radical (unpaired) electrons. The molecule has 1 heterocycles. The maximum Gasteiger partial charge on any atom is 0.303 e. The number of epoxide rings is 1. The van der Waals surface area contributed by atoms with E-state index in [1.165, 1.54) is 19.3 Å². The van der Waals surface area contributed by atoms with Crippen LogP contribution in [0.3, 0.4) is 0 Å². The van der Waals surface area contributed by atoms with E-state index in [1.54, 1.807) is 0 Å². The van der Waals surface area contributed by atoms with Crippen LogP contribution in [0.5, 0.6) is 0 Å². The first-order valence-electron chi connectivity index (χ1n) is 9.17. The highest BCUT2D eigenvalue weighted by Crippen LogP contribution is 2.30. The average molecular weight is 336 g/mol. The van der Waals surface area contributed by atoms with Gasteiger partial charge in [-0.05, 0) is 32.1 Å². The Morgan fingerprint density at radius 1 is 1.08 bits per heavy atom. The fraction of sp³-hybridized carbons (Fsp3) is 0.650. The van der Waals surface area contributed by atoms with Crippen LogP contribution < -0.4 is 0 Å². The van der Waals surface area contributed by atoms with E-state index in [1.807, 2.05) is 18.2 Å². The van der Waals surface area contributed by atoms with Gasteiger partial charge in [0.2, 0.25) is 0 Å². The van der Waals surface area contributed by atoms with E-state index in [-0.39, 0.29) is 18.6 Å². The van der Waals surface area contributed by atoms with Crippen LogP contribution in [0.15, 0.2) is 36.5 Å². The molecule has 2 N–H and O–H groups in total. The molecule has 24 heavy (non-hydrogen) atoms. The number of allylic oxidation sites excluding steroid dienone is 5. The van der Waals surface area contributed by atoms with Crippen molar-refractivity contribution in [1.29, 1.82) is 0 Å². The van der Waals surface area contributed by atoms with E-state index in [2.05, 4.69) is 25.2 Å². The smallest absolute Gasteiger partial charge is 0.303 e. The summed E-state index contributed by atoms with van der Waals surface area (Å²) in [4.78, 5) is 10.3. The van der Waals surface area contributed by atoms with Gasteiger partial charge in [-0.3, -0.25) is 4.79 Å². The maximum absolute atomic E-state index is 10.3. The molecule has 3 atom stereocenters. The van der Waals surface area contributed by atoms with E-state index in [9.17, 15) is 9.90 Å². The van der Waals surface area contributed by atoms with Crippen molar-refractivity contribution in [2.24, 2.45) is 0 Å². The molecule has 0 bridgehead atoms. The minimum Gasteiger partial charge on any atom is -0.481 e. The van der Waals surface area contributed by atoms with Gasteiger partial charge < -0.3 is 14.9 Å². The topological polar surface area (TPSA) is 70.1 Å². The van der Waals surface area contributed by atoms with Crippen LogP contribution in [0, 0.1) is 0 Å². The van der Waals surface area contributed by atoms with Crippen molar-refractivity contribution >= 4 is 5.97 Å². The number of rotatable bonds is 14. The Morgan fingerprint density at radius 3 is 2.50 bits per heavy atom. The van der Waals surface area contributed by atoms with Crippen molar-refractivity contribution in [2.45, 2.75) is 83.0 Å². The molecule has 0 aromatic carbocycles. The third-order valence-electron chi connectivity index (χ3n) is 4.02. The third kappa shape index (κ3) is 10.4. The zero-order chi connectivity index (χ0) is 17.6. The van der Waals surface area contributed by atoms with Crippen molar-refractivity contribution in [3.8, 4) is 0 Å². The predicted molar refractivity (Wildman–Crippen MR) is 97.0 cm³/mol. The van der Waals surface area contributed by atoms with E-state index >= 15 is 0 Å². The summed E-state index contributed by atoms with van der Waals surface area (Å²) < 4.78 is 5.52. The van der Waals surface area contributed by atoms with Crippen molar-refractivity contribution in [3.05, 3.63) is 36.5 Å². The van der Waals surface area contributed by atoms with Crippen LogP contribution in [-0.4, -0.2) is 34.5 Å². The summed E-state index contributed by atoms with van der Waals surface area (Å²) in [5, 5.41) is 18.5. The molecule has 0 amide bonds. The van der Waals surface area contributed by atoms with Gasteiger partial charge in [-0.2, -0.15) is 0 Å². The monoisotopic (exact) mass is 336 g/mol. The summed E-state index contributed by atoms with van der Waals surface area (Å²) in [6.07, 6.45) is 19.9. The highest BCUT2D eigenvalue weighted by Gasteiger charge is 2.42. The molecule has 0 aromatic heterocycles. The van der Waals surface area contributed by atoms with E-state index < -0.39 is 12.1 Å². The normalized spacial score (nSPS) is 21.9. The molecular weight excluding hydrogens is 304 g/mol. The fourth-order valence-electron chi connectivity index (χ4n) is 2.55. The molecule has 1 saturated heterocycles. The quantitative estimate of drug-likeness (QED) is 0.280. The first-order chi connectivity index (χ1) is 11.6. The Labute approximate surface area is 145 Å². The first kappa shape index (κ1) is 20.7. The van der Waals surface area contributed by atoms with E-state index in [0.717, 1.165) is 25.7 Å². The number of unbranched alkanes of at least 4 members (excludes halogenated alkanes) is 3. The Morgan fingerprint density at radius 2 is 1.79 bits per heavy atom. The summed E-state index contributed by atoms with van der Waals surface area (Å²) >= 11 is 0. The van der Waals surface area contributed by atoms with Gasteiger partial charge in [-0.15, -0.1) is 0 Å². The van der Waals surface area contributed by atoms with Crippen LogP contribution in [0.4, 0.5) is 0 Å². The van der Waals surface area contributed by atoms with Gasteiger partial charge in [-0.1, -0.05) is 62.6 Å². The van der Waals surface area contributed by atoms with Gasteiger partial charge >= 0.3 is 5.97 Å². The Balaban J connectivity index is 2.00. The second-order valence-electron chi connectivity index (χ2n) is 6.25. The van der Waals surface area contributed by atoms with Crippen molar-refractivity contribution < 1.29 is 19.7 Å². The zero-order valence-corrected chi connectivity index (χ0v) is 14.8. The van der Waals surface area contributed by atoms with Gasteiger partial charge in [0, 0.05) is 6.42 Å². The number of aliphatic carboxylic acids is 1. The molecular formula is C20H32O4. The number of carboxylic acids is 1. The minimum atomic E-state index is -0.735. The number of ether oxygens (including phenoxy) is 1. The Bertz CT molecular complexity index is 425. The molecule has 1 fully saturated rings. The molecule has 1 aliphatic heterocycles. The van der Waals surface area contributed by atoms with Crippen LogP contribution >= 0.6 is 0 Å². The summed E-state index contributed by atoms with van der Waals surface area (Å²) in [6, 6.07) is 0. The number of carbonyl (C=O) groups is 1. The van der Waals surface area contributed by atoms with Crippen molar-refractivity contribution in [3.63, 3.8) is 0 Å². The van der Waals surface area contributed by atoms with Crippen molar-refractivity contribution in [1.82, 2.24) is 0 Å². The van der Waals surface area contributed by atoms with Crippen LogP contribution in [-0.2, 0) is 9.53 Å². The average Bonchev–Trinajstić information content (AvgIpc) is 3.32. The number of aliphatic hydroxyl groups is 1. The molecule has 0 aliphatic carbocycles. The molecule has 1 aliphatic rings. The zero-order valence-electron chi connectivity index (χ0n) is 14.8. The van der Waals surface area contributed by atoms with E-state index in [0.29, 0.717) is 6.42 Å². The summed E-state index contributed by atoms with van der Waals surface area (Å²) in [5.41, 5.74) is 0. The molecule has 136 valence electrons. The lowest BCUT2D eigenvalue weighted by molar-refractivity contribution is -0.137.